The van der Waals surface area contributed by atoms with E-state index in [0.717, 1.165) is 59.5 Å². The quantitative estimate of drug-likeness (QED) is 0.481. The summed E-state index contributed by atoms with van der Waals surface area (Å²) in [7, 11) is 1.64. The number of hydrogen-bond donors (Lipinski definition) is 3. The summed E-state index contributed by atoms with van der Waals surface area (Å²) in [6.07, 6.45) is 5.79. The molecule has 166 valence electrons. The number of hydrogen-bond acceptors (Lipinski definition) is 8. The molecule has 1 fully saturated rings. The van der Waals surface area contributed by atoms with E-state index in [2.05, 4.69) is 52.5 Å². The van der Waals surface area contributed by atoms with E-state index in [1.807, 2.05) is 0 Å². The van der Waals surface area contributed by atoms with Crippen molar-refractivity contribution in [2.75, 3.05) is 31.4 Å². The Kier molecular flexibility index (Phi) is 6.11. The highest BCUT2D eigenvalue weighted by atomic mass is 16.6. The van der Waals surface area contributed by atoms with Crippen LogP contribution in [-0.4, -0.2) is 48.1 Å². The van der Waals surface area contributed by atoms with Gasteiger partial charge < -0.3 is 26.4 Å². The Morgan fingerprint density at radius 1 is 1.13 bits per heavy atom. The molecular weight excluding hydrogens is 392 g/mol. The van der Waals surface area contributed by atoms with Crippen molar-refractivity contribution >= 4 is 17.2 Å². The van der Waals surface area contributed by atoms with Crippen molar-refractivity contribution in [1.82, 2.24) is 9.97 Å². The molecule has 0 spiro atoms. The Bertz CT molecular complexity index is 967. The van der Waals surface area contributed by atoms with E-state index < -0.39 is 5.41 Å². The van der Waals surface area contributed by atoms with Gasteiger partial charge in [-0.25, -0.2) is 9.97 Å². The minimum Gasteiger partial charge on any atom is -0.393 e. The Morgan fingerprint density at radius 3 is 2.65 bits per heavy atom. The molecule has 2 aromatic rings. The molecule has 0 amide bonds. The minimum absolute atomic E-state index is 0.326. The largest absolute Gasteiger partial charge is 0.393 e. The van der Waals surface area contributed by atoms with Crippen molar-refractivity contribution in [3.05, 3.63) is 35.7 Å². The molecule has 0 radical (unpaired) electrons. The van der Waals surface area contributed by atoms with Crippen molar-refractivity contribution in [3.8, 4) is 11.3 Å². The highest BCUT2D eigenvalue weighted by Crippen LogP contribution is 2.45. The molecule has 0 aliphatic heterocycles. The van der Waals surface area contributed by atoms with Gasteiger partial charge in [0.2, 0.25) is 0 Å². The molecule has 1 aromatic heterocycles. The Labute approximate surface area is 183 Å². The molecule has 0 unspecified atom stereocenters. The third kappa shape index (κ3) is 4.22. The summed E-state index contributed by atoms with van der Waals surface area (Å²) in [5.41, 5.74) is 17.4. The molecule has 4 rings (SSSR count). The number of ether oxygens (including phenoxy) is 1. The van der Waals surface area contributed by atoms with Crippen LogP contribution in [-0.2, 0) is 15.0 Å². The normalized spacial score (nSPS) is 23.2. The summed E-state index contributed by atoms with van der Waals surface area (Å²) in [6, 6.07) is 7.07. The van der Waals surface area contributed by atoms with E-state index in [4.69, 9.17) is 21.0 Å². The number of nitrogens with two attached hydrogens (primary N) is 2. The van der Waals surface area contributed by atoms with Gasteiger partial charge in [0.05, 0.1) is 18.0 Å². The van der Waals surface area contributed by atoms with Crippen LogP contribution in [0.15, 0.2) is 29.7 Å². The molecule has 0 saturated heterocycles. The monoisotopic (exact) mass is 424 g/mol. The smallest absolute Gasteiger partial charge is 0.140 e. The highest BCUT2D eigenvalue weighted by molar-refractivity contribution is 6.16. The van der Waals surface area contributed by atoms with Crippen LogP contribution >= 0.6 is 0 Å². The molecule has 8 heteroatoms. The molecule has 0 atom stereocenters. The summed E-state index contributed by atoms with van der Waals surface area (Å²) in [5.74, 6) is 0.464. The zero-order chi connectivity index (χ0) is 22.0. The SMILES string of the molecule is COCCO/N=C1\c2cc(N[C@H]3CC[C@H](N)CC3)ccc2-c2ncnc(N)c2C1(C)C. The average molecular weight is 425 g/mol. The summed E-state index contributed by atoms with van der Waals surface area (Å²) in [5, 5.41) is 8.22. The fourth-order valence-corrected chi connectivity index (χ4v) is 4.60. The molecule has 2 aliphatic rings. The number of oxime groups is 1. The first-order valence-corrected chi connectivity index (χ1v) is 10.9. The van der Waals surface area contributed by atoms with Gasteiger partial charge >= 0.3 is 0 Å². The van der Waals surface area contributed by atoms with Gasteiger partial charge in [-0.1, -0.05) is 11.2 Å². The lowest BCUT2D eigenvalue weighted by molar-refractivity contribution is 0.0743. The number of methoxy groups -OCH3 is 1. The summed E-state index contributed by atoms with van der Waals surface area (Å²) in [4.78, 5) is 14.4. The number of fused-ring (bicyclic) bond motifs is 3. The lowest BCUT2D eigenvalue weighted by Crippen LogP contribution is -2.36. The van der Waals surface area contributed by atoms with E-state index in [0.29, 0.717) is 31.1 Å². The van der Waals surface area contributed by atoms with Gasteiger partial charge in [0.25, 0.3) is 0 Å². The zero-order valence-corrected chi connectivity index (χ0v) is 18.5. The lowest BCUT2D eigenvalue weighted by Gasteiger charge is -2.35. The fraction of sp³-hybridized carbons (Fsp3) is 0.522. The molecule has 2 aliphatic carbocycles. The van der Waals surface area contributed by atoms with Gasteiger partial charge in [0.15, 0.2) is 0 Å². The highest BCUT2D eigenvalue weighted by Gasteiger charge is 2.41. The number of anilines is 2. The van der Waals surface area contributed by atoms with Gasteiger partial charge in [-0.05, 0) is 51.7 Å². The maximum absolute atomic E-state index is 6.29. The van der Waals surface area contributed by atoms with Gasteiger partial charge in [-0.2, -0.15) is 0 Å². The number of nitrogens with zero attached hydrogens (tertiary/aromatic N) is 3. The predicted molar refractivity (Wildman–Crippen MR) is 123 cm³/mol. The van der Waals surface area contributed by atoms with E-state index in [1.54, 1.807) is 7.11 Å². The molecule has 1 heterocycles. The predicted octanol–water partition coefficient (Wildman–Crippen LogP) is 3.07. The molecule has 1 saturated carbocycles. The van der Waals surface area contributed by atoms with Crippen LogP contribution < -0.4 is 16.8 Å². The average Bonchev–Trinajstić information content (AvgIpc) is 2.74. The first kappa shape index (κ1) is 21.5. The molecule has 1 aromatic carbocycles. The number of nitrogen functional groups attached to an aromatic ring is 1. The van der Waals surface area contributed by atoms with Crippen molar-refractivity contribution in [2.24, 2.45) is 10.9 Å². The van der Waals surface area contributed by atoms with Crippen LogP contribution in [0.1, 0.15) is 50.7 Å². The number of benzene rings is 1. The van der Waals surface area contributed by atoms with Crippen LogP contribution in [0.2, 0.25) is 0 Å². The van der Waals surface area contributed by atoms with Crippen molar-refractivity contribution in [1.29, 1.82) is 0 Å². The second kappa shape index (κ2) is 8.80. The van der Waals surface area contributed by atoms with Gasteiger partial charge in [-0.15, -0.1) is 0 Å². The Hall–Kier alpha value is -2.71. The zero-order valence-electron chi connectivity index (χ0n) is 18.5. The van der Waals surface area contributed by atoms with Crippen molar-refractivity contribution in [2.45, 2.75) is 57.0 Å². The van der Waals surface area contributed by atoms with E-state index in [1.165, 1.54) is 6.33 Å². The molecule has 0 bridgehead atoms. The van der Waals surface area contributed by atoms with Crippen LogP contribution in [0.25, 0.3) is 11.3 Å². The molecule has 8 nitrogen and oxygen atoms in total. The lowest BCUT2D eigenvalue weighted by atomic mass is 9.70. The number of nitrogens with one attached hydrogen (secondary N) is 1. The molecular formula is C23H32N6O2. The summed E-state index contributed by atoms with van der Waals surface area (Å²) in [6.45, 7) is 5.00. The summed E-state index contributed by atoms with van der Waals surface area (Å²) < 4.78 is 5.09. The van der Waals surface area contributed by atoms with Crippen molar-refractivity contribution < 1.29 is 9.57 Å². The minimum atomic E-state index is -0.517. The van der Waals surface area contributed by atoms with E-state index in [-0.39, 0.29) is 0 Å². The fourth-order valence-electron chi connectivity index (χ4n) is 4.60. The second-order valence-corrected chi connectivity index (χ2v) is 8.89. The second-order valence-electron chi connectivity index (χ2n) is 8.89. The Morgan fingerprint density at radius 2 is 1.90 bits per heavy atom. The Balaban J connectivity index is 1.74. The summed E-state index contributed by atoms with van der Waals surface area (Å²) >= 11 is 0. The van der Waals surface area contributed by atoms with Crippen LogP contribution in [0.5, 0.6) is 0 Å². The maximum Gasteiger partial charge on any atom is 0.140 e. The van der Waals surface area contributed by atoms with Crippen LogP contribution in [0.4, 0.5) is 11.5 Å². The molecule has 31 heavy (non-hydrogen) atoms. The van der Waals surface area contributed by atoms with Crippen LogP contribution in [0.3, 0.4) is 0 Å². The number of aromatic nitrogens is 2. The third-order valence-corrected chi connectivity index (χ3v) is 6.30. The van der Waals surface area contributed by atoms with Gasteiger partial charge in [0, 0.05) is 47.0 Å². The van der Waals surface area contributed by atoms with E-state index >= 15 is 0 Å². The maximum atomic E-state index is 6.29. The topological polar surface area (TPSA) is 121 Å². The molecule has 5 N–H and O–H groups in total. The first-order chi connectivity index (χ1) is 14.9. The van der Waals surface area contributed by atoms with Crippen molar-refractivity contribution in [3.63, 3.8) is 0 Å². The third-order valence-electron chi connectivity index (χ3n) is 6.30. The van der Waals surface area contributed by atoms with E-state index in [9.17, 15) is 0 Å². The number of rotatable bonds is 6. The van der Waals surface area contributed by atoms with Gasteiger partial charge in [0.1, 0.15) is 18.8 Å². The first-order valence-electron chi connectivity index (χ1n) is 10.9. The van der Waals surface area contributed by atoms with Crippen LogP contribution in [0, 0.1) is 0 Å². The standard InChI is InChI=1S/C23H32N6O2/c1-23(2)19-20(26-13-27-22(19)25)17-9-8-16(28-15-6-4-14(24)5-7-15)12-18(17)21(23)29-31-11-10-30-3/h8-9,12-15,28H,4-7,10-11,24H2,1-3H3,(H2,25,26,27)/b29-21+/t14-,15-. The van der Waals surface area contributed by atoms with Gasteiger partial charge in [-0.3, -0.25) is 0 Å².